The molecule has 0 radical (unpaired) electrons. The molecule has 0 aliphatic carbocycles. The van der Waals surface area contributed by atoms with Crippen LogP contribution in [0.3, 0.4) is 0 Å². The van der Waals surface area contributed by atoms with E-state index in [-0.39, 0.29) is 0 Å². The van der Waals surface area contributed by atoms with Crippen molar-refractivity contribution in [3.63, 3.8) is 0 Å². The van der Waals surface area contributed by atoms with E-state index in [1.54, 1.807) is 0 Å². The van der Waals surface area contributed by atoms with Crippen LogP contribution in [0.2, 0.25) is 0 Å². The van der Waals surface area contributed by atoms with Crippen LogP contribution in [0.1, 0.15) is 220 Å². The van der Waals surface area contributed by atoms with Gasteiger partial charge in [-0.3, -0.25) is 0 Å². The first-order valence-corrected chi connectivity index (χ1v) is 17.7. The summed E-state index contributed by atoms with van der Waals surface area (Å²) in [5, 5.41) is 0. The van der Waals surface area contributed by atoms with Gasteiger partial charge < -0.3 is 0 Å². The minimum Gasteiger partial charge on any atom is -0.0654 e. The van der Waals surface area contributed by atoms with Gasteiger partial charge in [-0.2, -0.15) is 0 Å². The third-order valence-corrected chi connectivity index (χ3v) is 8.74. The summed E-state index contributed by atoms with van der Waals surface area (Å²) in [5.74, 6) is 1.91. The molecule has 0 aliphatic heterocycles. The van der Waals surface area contributed by atoms with Gasteiger partial charge in [-0.15, -0.1) is 0 Å². The van der Waals surface area contributed by atoms with Crippen LogP contribution in [0.15, 0.2) is 0 Å². The van der Waals surface area contributed by atoms with Crippen molar-refractivity contribution in [1.82, 2.24) is 0 Å². The van der Waals surface area contributed by atoms with E-state index in [2.05, 4.69) is 27.7 Å². The Hall–Kier alpha value is 0. The lowest BCUT2D eigenvalue weighted by molar-refractivity contribution is 0.392. The molecule has 0 aromatic heterocycles. The van der Waals surface area contributed by atoms with Crippen LogP contribution < -0.4 is 0 Å². The van der Waals surface area contributed by atoms with Gasteiger partial charge in [0.2, 0.25) is 0 Å². The number of hydrogen-bond donors (Lipinski definition) is 0. The summed E-state index contributed by atoms with van der Waals surface area (Å²) in [4.78, 5) is 0. The predicted octanol–water partition coefficient (Wildman–Crippen LogP) is 14.0. The van der Waals surface area contributed by atoms with Gasteiger partial charge in [-0.25, -0.2) is 0 Å². The molecule has 0 aromatic carbocycles. The van der Waals surface area contributed by atoms with Gasteiger partial charge in [-0.1, -0.05) is 220 Å². The Kier molecular flexibility index (Phi) is 31.2. The highest BCUT2D eigenvalue weighted by Crippen LogP contribution is 2.21. The van der Waals surface area contributed by atoms with Crippen LogP contribution in [0.25, 0.3) is 0 Å². The Morgan fingerprint density at radius 3 is 0.750 bits per heavy atom. The Bertz CT molecular complexity index is 372. The van der Waals surface area contributed by atoms with Crippen LogP contribution >= 0.6 is 0 Å². The third-order valence-electron chi connectivity index (χ3n) is 8.74. The summed E-state index contributed by atoms with van der Waals surface area (Å²) in [5.41, 5.74) is 0. The molecule has 0 aromatic rings. The Morgan fingerprint density at radius 2 is 0.444 bits per heavy atom. The van der Waals surface area contributed by atoms with Crippen molar-refractivity contribution in [3.8, 4) is 0 Å². The Morgan fingerprint density at radius 1 is 0.250 bits per heavy atom. The normalized spacial score (nSPS) is 13.3. The van der Waals surface area contributed by atoms with Crippen molar-refractivity contribution in [1.29, 1.82) is 0 Å². The van der Waals surface area contributed by atoms with Gasteiger partial charge in [0, 0.05) is 0 Å². The largest absolute Gasteiger partial charge is 0.0654 e. The topological polar surface area (TPSA) is 0 Å². The zero-order valence-corrected chi connectivity index (χ0v) is 26.4. The fourth-order valence-corrected chi connectivity index (χ4v) is 5.95. The SMILES string of the molecule is CCCCCCCCCCCCCCCCCCCCCCCCC(C)CCCC(C)CCCCC. The second-order valence-electron chi connectivity index (χ2n) is 12.9. The van der Waals surface area contributed by atoms with Gasteiger partial charge in [0.25, 0.3) is 0 Å². The highest BCUT2D eigenvalue weighted by atomic mass is 14.1. The number of hydrogen-bond acceptors (Lipinski definition) is 0. The lowest BCUT2D eigenvalue weighted by atomic mass is 9.92. The molecule has 0 rings (SSSR count). The van der Waals surface area contributed by atoms with E-state index in [1.165, 1.54) is 193 Å². The molecule has 0 fully saturated rings. The van der Waals surface area contributed by atoms with Gasteiger partial charge in [-0.05, 0) is 11.8 Å². The van der Waals surface area contributed by atoms with Crippen molar-refractivity contribution < 1.29 is 0 Å². The maximum Gasteiger partial charge on any atom is -0.0443 e. The molecule has 2 unspecified atom stereocenters. The van der Waals surface area contributed by atoms with Crippen molar-refractivity contribution >= 4 is 0 Å². The van der Waals surface area contributed by atoms with E-state index in [9.17, 15) is 0 Å². The van der Waals surface area contributed by atoms with Crippen molar-refractivity contribution in [2.24, 2.45) is 11.8 Å². The molecular formula is C36H74. The minimum atomic E-state index is 0.956. The minimum absolute atomic E-state index is 0.956. The summed E-state index contributed by atoms with van der Waals surface area (Å²) < 4.78 is 0. The summed E-state index contributed by atoms with van der Waals surface area (Å²) in [6.45, 7) is 9.59. The molecule has 2 atom stereocenters. The molecule has 0 spiro atoms. The monoisotopic (exact) mass is 507 g/mol. The van der Waals surface area contributed by atoms with E-state index in [4.69, 9.17) is 0 Å². The summed E-state index contributed by atoms with van der Waals surface area (Å²) in [6, 6.07) is 0. The summed E-state index contributed by atoms with van der Waals surface area (Å²) in [6.07, 6.45) is 44.2. The summed E-state index contributed by atoms with van der Waals surface area (Å²) >= 11 is 0. The van der Waals surface area contributed by atoms with Crippen LogP contribution in [0, 0.1) is 11.8 Å². The first kappa shape index (κ1) is 36.0. The van der Waals surface area contributed by atoms with Crippen molar-refractivity contribution in [2.45, 2.75) is 220 Å². The van der Waals surface area contributed by atoms with Gasteiger partial charge >= 0.3 is 0 Å². The molecule has 0 aliphatic rings. The number of rotatable bonds is 31. The van der Waals surface area contributed by atoms with E-state index < -0.39 is 0 Å². The van der Waals surface area contributed by atoms with Crippen LogP contribution in [0.5, 0.6) is 0 Å². The van der Waals surface area contributed by atoms with Gasteiger partial charge in [0.1, 0.15) is 0 Å². The molecule has 0 bridgehead atoms. The zero-order chi connectivity index (χ0) is 26.4. The van der Waals surface area contributed by atoms with Gasteiger partial charge in [0.15, 0.2) is 0 Å². The molecule has 0 N–H and O–H groups in total. The maximum atomic E-state index is 2.50. The molecule has 0 heterocycles. The zero-order valence-electron chi connectivity index (χ0n) is 26.4. The van der Waals surface area contributed by atoms with Crippen molar-refractivity contribution in [2.75, 3.05) is 0 Å². The first-order chi connectivity index (χ1) is 17.7. The molecular weight excluding hydrogens is 432 g/mol. The fraction of sp³-hybridized carbons (Fsp3) is 1.00. The van der Waals surface area contributed by atoms with Gasteiger partial charge in [0.05, 0.1) is 0 Å². The highest BCUT2D eigenvalue weighted by Gasteiger charge is 2.06. The van der Waals surface area contributed by atoms with Crippen LogP contribution in [-0.2, 0) is 0 Å². The quantitative estimate of drug-likeness (QED) is 0.0820. The second kappa shape index (κ2) is 31.2. The van der Waals surface area contributed by atoms with E-state index in [0.29, 0.717) is 0 Å². The highest BCUT2D eigenvalue weighted by molar-refractivity contribution is 4.59. The van der Waals surface area contributed by atoms with Crippen LogP contribution in [0.4, 0.5) is 0 Å². The molecule has 0 nitrogen and oxygen atoms in total. The molecule has 0 amide bonds. The van der Waals surface area contributed by atoms with Crippen LogP contribution in [-0.4, -0.2) is 0 Å². The smallest absolute Gasteiger partial charge is 0.0443 e. The maximum absolute atomic E-state index is 2.50. The molecule has 218 valence electrons. The van der Waals surface area contributed by atoms with E-state index >= 15 is 0 Å². The first-order valence-electron chi connectivity index (χ1n) is 17.7. The Balaban J connectivity index is 3.16. The molecule has 0 saturated heterocycles. The van der Waals surface area contributed by atoms with E-state index in [1.807, 2.05) is 0 Å². The van der Waals surface area contributed by atoms with E-state index in [0.717, 1.165) is 11.8 Å². The molecule has 0 saturated carbocycles. The third kappa shape index (κ3) is 30.2. The predicted molar refractivity (Wildman–Crippen MR) is 168 cm³/mol. The lowest BCUT2D eigenvalue weighted by Gasteiger charge is -2.14. The standard InChI is InChI=1S/C36H74/c1-5-7-9-10-11-12-13-14-15-16-17-18-19-20-21-22-23-24-25-26-27-29-32-36(4)34-30-33-35(3)31-28-8-6-2/h35-36H,5-34H2,1-4H3. The molecule has 36 heavy (non-hydrogen) atoms. The fourth-order valence-electron chi connectivity index (χ4n) is 5.95. The lowest BCUT2D eigenvalue weighted by Crippen LogP contribution is -1.99. The average molecular weight is 507 g/mol. The summed E-state index contributed by atoms with van der Waals surface area (Å²) in [7, 11) is 0. The number of unbranched alkanes of at least 4 members (excludes halogenated alkanes) is 23. The average Bonchev–Trinajstić information content (AvgIpc) is 2.87. The molecule has 0 heteroatoms. The Labute approximate surface area is 232 Å². The van der Waals surface area contributed by atoms with Crippen molar-refractivity contribution in [3.05, 3.63) is 0 Å². The second-order valence-corrected chi connectivity index (χ2v) is 12.9.